The lowest BCUT2D eigenvalue weighted by atomic mass is 10.0. The third-order valence-corrected chi connectivity index (χ3v) is 3.38. The first-order valence-electron chi connectivity index (χ1n) is 7.24. The molecule has 1 atom stereocenters. The SMILES string of the molecule is CC(=O)CC(Cc1ccccc1)OCC1=CCCC=C1. The number of hydrogen-bond donors (Lipinski definition) is 0. The van der Waals surface area contributed by atoms with Crippen LogP contribution < -0.4 is 0 Å². The molecule has 0 heterocycles. The van der Waals surface area contributed by atoms with E-state index in [0.29, 0.717) is 13.0 Å². The Morgan fingerprint density at radius 2 is 2.05 bits per heavy atom. The fraction of sp³-hybridized carbons (Fsp3) is 0.389. The molecular formula is C18H22O2. The molecule has 0 saturated carbocycles. The van der Waals surface area contributed by atoms with Gasteiger partial charge in [-0.15, -0.1) is 0 Å². The maximum Gasteiger partial charge on any atom is 0.132 e. The second-order valence-corrected chi connectivity index (χ2v) is 5.29. The van der Waals surface area contributed by atoms with Gasteiger partial charge in [0.2, 0.25) is 0 Å². The van der Waals surface area contributed by atoms with Crippen LogP contribution in [0.2, 0.25) is 0 Å². The summed E-state index contributed by atoms with van der Waals surface area (Å²) in [5.74, 6) is 0.180. The Morgan fingerprint density at radius 1 is 1.25 bits per heavy atom. The van der Waals surface area contributed by atoms with Crippen molar-refractivity contribution < 1.29 is 9.53 Å². The number of rotatable bonds is 7. The van der Waals surface area contributed by atoms with Crippen LogP contribution in [0.4, 0.5) is 0 Å². The van der Waals surface area contributed by atoms with Gasteiger partial charge >= 0.3 is 0 Å². The Labute approximate surface area is 121 Å². The normalized spacial score (nSPS) is 15.8. The Morgan fingerprint density at radius 3 is 2.70 bits per heavy atom. The maximum atomic E-state index is 11.4. The highest BCUT2D eigenvalue weighted by atomic mass is 16.5. The minimum atomic E-state index is -0.0360. The van der Waals surface area contributed by atoms with E-state index in [1.54, 1.807) is 6.92 Å². The molecule has 0 N–H and O–H groups in total. The van der Waals surface area contributed by atoms with Crippen molar-refractivity contribution in [2.75, 3.05) is 6.61 Å². The number of benzene rings is 1. The molecule has 0 amide bonds. The van der Waals surface area contributed by atoms with E-state index < -0.39 is 0 Å². The molecule has 0 radical (unpaired) electrons. The van der Waals surface area contributed by atoms with Gasteiger partial charge < -0.3 is 4.74 Å². The highest BCUT2D eigenvalue weighted by molar-refractivity contribution is 5.76. The molecule has 0 saturated heterocycles. The van der Waals surface area contributed by atoms with Crippen molar-refractivity contribution in [3.8, 4) is 0 Å². The Hall–Kier alpha value is -1.67. The average molecular weight is 270 g/mol. The topological polar surface area (TPSA) is 26.3 Å². The van der Waals surface area contributed by atoms with Crippen LogP contribution in [0.1, 0.15) is 31.7 Å². The first kappa shape index (κ1) is 14.7. The molecule has 1 unspecified atom stereocenters. The van der Waals surface area contributed by atoms with Crippen LogP contribution in [0.3, 0.4) is 0 Å². The fourth-order valence-corrected chi connectivity index (χ4v) is 2.38. The van der Waals surface area contributed by atoms with Gasteiger partial charge in [-0.05, 0) is 37.3 Å². The van der Waals surface area contributed by atoms with Gasteiger partial charge in [-0.2, -0.15) is 0 Å². The average Bonchev–Trinajstić information content (AvgIpc) is 2.46. The number of carbonyl (C=O) groups excluding carboxylic acids is 1. The standard InChI is InChI=1S/C18H22O2/c1-15(19)12-18(13-16-8-4-2-5-9-16)20-14-17-10-6-3-7-11-17/h2,4-6,8-11,18H,3,7,12-14H2,1H3. The predicted octanol–water partition coefficient (Wildman–Crippen LogP) is 3.87. The molecule has 1 aromatic carbocycles. The molecular weight excluding hydrogens is 248 g/mol. The summed E-state index contributed by atoms with van der Waals surface area (Å²) in [5.41, 5.74) is 2.43. The number of allylic oxidation sites excluding steroid dienone is 2. The smallest absolute Gasteiger partial charge is 0.132 e. The lowest BCUT2D eigenvalue weighted by Crippen LogP contribution is -2.20. The first-order chi connectivity index (χ1) is 9.74. The fourth-order valence-electron chi connectivity index (χ4n) is 2.38. The van der Waals surface area contributed by atoms with Crippen molar-refractivity contribution in [1.82, 2.24) is 0 Å². The van der Waals surface area contributed by atoms with Crippen molar-refractivity contribution >= 4 is 5.78 Å². The van der Waals surface area contributed by atoms with E-state index >= 15 is 0 Å². The van der Waals surface area contributed by atoms with Gasteiger partial charge in [0.1, 0.15) is 5.78 Å². The predicted molar refractivity (Wildman–Crippen MR) is 81.6 cm³/mol. The van der Waals surface area contributed by atoms with Crippen molar-refractivity contribution in [3.63, 3.8) is 0 Å². The summed E-state index contributed by atoms with van der Waals surface area (Å²) in [7, 11) is 0. The van der Waals surface area contributed by atoms with E-state index in [-0.39, 0.29) is 11.9 Å². The van der Waals surface area contributed by atoms with Crippen LogP contribution in [0, 0.1) is 0 Å². The van der Waals surface area contributed by atoms with Crippen molar-refractivity contribution in [2.24, 2.45) is 0 Å². The minimum absolute atomic E-state index is 0.0360. The van der Waals surface area contributed by atoms with Gasteiger partial charge in [-0.3, -0.25) is 4.79 Å². The van der Waals surface area contributed by atoms with Crippen LogP contribution in [0.5, 0.6) is 0 Å². The molecule has 0 fully saturated rings. The molecule has 106 valence electrons. The molecule has 1 aliphatic carbocycles. The largest absolute Gasteiger partial charge is 0.373 e. The summed E-state index contributed by atoms with van der Waals surface area (Å²) in [6.07, 6.45) is 9.95. The van der Waals surface area contributed by atoms with E-state index in [2.05, 4.69) is 30.4 Å². The summed E-state index contributed by atoms with van der Waals surface area (Å²) >= 11 is 0. The van der Waals surface area contributed by atoms with Crippen LogP contribution in [0.15, 0.2) is 54.1 Å². The van der Waals surface area contributed by atoms with Crippen molar-refractivity contribution in [2.45, 2.75) is 38.7 Å². The van der Waals surface area contributed by atoms with Crippen LogP contribution >= 0.6 is 0 Å². The Balaban J connectivity index is 1.91. The number of ketones is 1. The molecule has 2 nitrogen and oxygen atoms in total. The van der Waals surface area contributed by atoms with E-state index in [4.69, 9.17) is 4.74 Å². The zero-order chi connectivity index (χ0) is 14.2. The van der Waals surface area contributed by atoms with Crippen LogP contribution in [-0.2, 0) is 16.0 Å². The molecule has 0 bridgehead atoms. The summed E-state index contributed by atoms with van der Waals surface area (Å²) in [6, 6.07) is 10.2. The second kappa shape index (κ2) is 7.81. The zero-order valence-electron chi connectivity index (χ0n) is 12.0. The lowest BCUT2D eigenvalue weighted by Gasteiger charge is -2.18. The molecule has 0 aromatic heterocycles. The third-order valence-electron chi connectivity index (χ3n) is 3.38. The zero-order valence-corrected chi connectivity index (χ0v) is 12.0. The summed E-state index contributed by atoms with van der Waals surface area (Å²) < 4.78 is 5.96. The van der Waals surface area contributed by atoms with Crippen molar-refractivity contribution in [1.29, 1.82) is 0 Å². The maximum absolute atomic E-state index is 11.4. The molecule has 1 aliphatic rings. The van der Waals surface area contributed by atoms with E-state index in [1.165, 1.54) is 11.1 Å². The molecule has 2 rings (SSSR count). The van der Waals surface area contributed by atoms with Crippen molar-refractivity contribution in [3.05, 3.63) is 59.7 Å². The minimum Gasteiger partial charge on any atom is -0.373 e. The Bertz CT molecular complexity index is 485. The monoisotopic (exact) mass is 270 g/mol. The highest BCUT2D eigenvalue weighted by Gasteiger charge is 2.13. The number of Topliss-reactive ketones (excluding diaryl/α,β-unsaturated/α-hetero) is 1. The van der Waals surface area contributed by atoms with Crippen LogP contribution in [-0.4, -0.2) is 18.5 Å². The van der Waals surface area contributed by atoms with Gasteiger partial charge in [0.15, 0.2) is 0 Å². The molecule has 0 aliphatic heterocycles. The molecule has 1 aromatic rings. The Kier molecular flexibility index (Phi) is 5.75. The van der Waals surface area contributed by atoms with E-state index in [9.17, 15) is 4.79 Å². The van der Waals surface area contributed by atoms with E-state index in [0.717, 1.165) is 19.3 Å². The number of ether oxygens (including phenoxy) is 1. The van der Waals surface area contributed by atoms with Gasteiger partial charge in [-0.1, -0.05) is 48.6 Å². The lowest BCUT2D eigenvalue weighted by molar-refractivity contribution is -0.119. The summed E-state index contributed by atoms with van der Waals surface area (Å²) in [6.45, 7) is 2.22. The highest BCUT2D eigenvalue weighted by Crippen LogP contribution is 2.14. The van der Waals surface area contributed by atoms with Gasteiger partial charge in [0.05, 0.1) is 12.7 Å². The van der Waals surface area contributed by atoms with Gasteiger partial charge in [0, 0.05) is 6.42 Å². The number of hydrogen-bond acceptors (Lipinski definition) is 2. The molecule has 0 spiro atoms. The molecule has 20 heavy (non-hydrogen) atoms. The van der Waals surface area contributed by atoms with Gasteiger partial charge in [0.25, 0.3) is 0 Å². The first-order valence-corrected chi connectivity index (χ1v) is 7.24. The quantitative estimate of drug-likeness (QED) is 0.752. The third kappa shape index (κ3) is 5.14. The van der Waals surface area contributed by atoms with E-state index in [1.807, 2.05) is 18.2 Å². The summed E-state index contributed by atoms with van der Waals surface area (Å²) in [4.78, 5) is 11.4. The number of carbonyl (C=O) groups is 1. The van der Waals surface area contributed by atoms with Gasteiger partial charge in [-0.25, -0.2) is 0 Å². The van der Waals surface area contributed by atoms with Crippen LogP contribution in [0.25, 0.3) is 0 Å². The molecule has 2 heteroatoms. The second-order valence-electron chi connectivity index (χ2n) is 5.29. The summed E-state index contributed by atoms with van der Waals surface area (Å²) in [5, 5.41) is 0.